The van der Waals surface area contributed by atoms with E-state index < -0.39 is 0 Å². The SMILES string of the molecule is C.CC.CC(C)(C)C(C)(C)C=O.CNC.CSC1CCC23C(=CCC24C2CCC(CCCCC(C)C)C2(C)CCC34)C1. The summed E-state index contributed by atoms with van der Waals surface area (Å²) in [4.78, 5) is 10.5. The van der Waals surface area contributed by atoms with E-state index in [0.29, 0.717) is 10.8 Å². The van der Waals surface area contributed by atoms with Crippen molar-refractivity contribution < 1.29 is 4.79 Å². The number of carbonyl (C=O) groups excluding carboxylic acids is 1. The van der Waals surface area contributed by atoms with E-state index in [-0.39, 0.29) is 18.3 Å². The summed E-state index contributed by atoms with van der Waals surface area (Å²) in [5.41, 5.74) is 3.95. The minimum Gasteiger partial charge on any atom is -0.323 e. The van der Waals surface area contributed by atoms with Gasteiger partial charge in [-0.1, -0.05) is 108 Å². The third-order valence-electron chi connectivity index (χ3n) is 12.8. The van der Waals surface area contributed by atoms with E-state index in [1.165, 1.54) is 44.9 Å². The first-order chi connectivity index (χ1) is 19.2. The van der Waals surface area contributed by atoms with Crippen molar-refractivity contribution in [1.29, 1.82) is 0 Å². The molecule has 0 aromatic rings. The monoisotopic (exact) mass is 606 g/mol. The van der Waals surface area contributed by atoms with Crippen LogP contribution >= 0.6 is 11.8 Å². The lowest BCUT2D eigenvalue weighted by Gasteiger charge is -2.45. The van der Waals surface area contributed by atoms with Crippen molar-refractivity contribution in [3.63, 3.8) is 0 Å². The van der Waals surface area contributed by atoms with Crippen molar-refractivity contribution in [2.45, 2.75) is 159 Å². The van der Waals surface area contributed by atoms with Crippen LogP contribution in [0.4, 0.5) is 0 Å². The molecule has 5 aliphatic rings. The Morgan fingerprint density at radius 3 is 2.12 bits per heavy atom. The van der Waals surface area contributed by atoms with Gasteiger partial charge in [-0.3, -0.25) is 0 Å². The maximum atomic E-state index is 10.5. The lowest BCUT2D eigenvalue weighted by atomic mass is 9.59. The maximum absolute atomic E-state index is 10.5. The molecule has 42 heavy (non-hydrogen) atoms. The highest BCUT2D eigenvalue weighted by Crippen LogP contribution is 2.90. The maximum Gasteiger partial charge on any atom is 0.126 e. The Hall–Kier alpha value is -0.280. The second-order valence-corrected chi connectivity index (χ2v) is 17.4. The number of fused-ring (bicyclic) bond motifs is 1. The summed E-state index contributed by atoms with van der Waals surface area (Å²) in [5, 5.41) is 3.67. The molecule has 2 spiro atoms. The minimum absolute atomic E-state index is 0. The Balaban J connectivity index is 0.000000501. The van der Waals surface area contributed by atoms with Gasteiger partial charge in [-0.15, -0.1) is 0 Å². The number of carbonyl (C=O) groups is 1. The van der Waals surface area contributed by atoms with Gasteiger partial charge in [-0.25, -0.2) is 0 Å². The van der Waals surface area contributed by atoms with Crippen LogP contribution in [0.2, 0.25) is 0 Å². The first kappa shape index (κ1) is 39.7. The van der Waals surface area contributed by atoms with E-state index >= 15 is 0 Å². The standard InChI is InChI=1S/C26H42S.C8H16O.C2H7N.C2H6.CH4/c1-18(2)7-5-6-8-19-9-10-22-24(19,3)14-13-23-25-16-12-21(27-4)17-20(25)11-15-26(22,23)25;1-7(2,3)8(4,5)6-9;1-3-2;1-2;/h11,18-19,21-23H,5-10,12-17H2,1-4H3;6H,1-5H3;3H,1-2H3;1-2H3;1H4. The molecule has 0 heterocycles. The molecule has 0 bridgehead atoms. The summed E-state index contributed by atoms with van der Waals surface area (Å²) in [5.74, 6) is 4.06. The summed E-state index contributed by atoms with van der Waals surface area (Å²) >= 11 is 2.13. The molecule has 4 fully saturated rings. The number of allylic oxidation sites excluding steroid dienone is 2. The van der Waals surface area contributed by atoms with Crippen LogP contribution in [0.1, 0.15) is 154 Å². The van der Waals surface area contributed by atoms with E-state index in [1.54, 1.807) is 32.1 Å². The quantitative estimate of drug-likeness (QED) is 0.178. The molecule has 248 valence electrons. The third kappa shape index (κ3) is 7.24. The number of thioether (sulfide) groups is 1. The van der Waals surface area contributed by atoms with Gasteiger partial charge >= 0.3 is 0 Å². The summed E-state index contributed by atoms with van der Waals surface area (Å²) < 4.78 is 0. The lowest BCUT2D eigenvalue weighted by molar-refractivity contribution is -0.119. The van der Waals surface area contributed by atoms with Gasteiger partial charge in [0, 0.05) is 16.1 Å². The summed E-state index contributed by atoms with van der Waals surface area (Å²) in [6.07, 6.45) is 24.2. The molecule has 0 saturated heterocycles. The molecule has 0 aromatic carbocycles. The van der Waals surface area contributed by atoms with Crippen molar-refractivity contribution in [3.8, 4) is 0 Å². The van der Waals surface area contributed by atoms with Crippen LogP contribution in [0, 0.1) is 50.7 Å². The van der Waals surface area contributed by atoms with Gasteiger partial charge in [-0.2, -0.15) is 11.8 Å². The molecule has 3 heteroatoms. The van der Waals surface area contributed by atoms with E-state index in [0.717, 1.165) is 40.6 Å². The van der Waals surface area contributed by atoms with Gasteiger partial charge in [0.15, 0.2) is 0 Å². The van der Waals surface area contributed by atoms with E-state index in [1.807, 2.05) is 47.4 Å². The molecular formula is C39H75NOS. The van der Waals surface area contributed by atoms with Crippen molar-refractivity contribution in [1.82, 2.24) is 5.32 Å². The van der Waals surface area contributed by atoms with Crippen molar-refractivity contribution in [3.05, 3.63) is 11.6 Å². The molecular weight excluding hydrogens is 531 g/mol. The highest BCUT2D eigenvalue weighted by Gasteiger charge is 2.84. The van der Waals surface area contributed by atoms with Crippen LogP contribution in [-0.4, -0.2) is 31.9 Å². The fraction of sp³-hybridized carbons (Fsp3) is 0.923. The third-order valence-corrected chi connectivity index (χ3v) is 13.9. The summed E-state index contributed by atoms with van der Waals surface area (Å²) in [7, 11) is 3.75. The Kier molecular flexibility index (Phi) is 15.0. The minimum atomic E-state index is -0.201. The van der Waals surface area contributed by atoms with Crippen LogP contribution in [0.5, 0.6) is 0 Å². The Labute approximate surface area is 269 Å². The number of unbranched alkanes of at least 4 members (excludes halogenated alkanes) is 1. The fourth-order valence-electron chi connectivity index (χ4n) is 9.59. The summed E-state index contributed by atoms with van der Waals surface area (Å²) in [6, 6.07) is 0. The number of hydrogen-bond donors (Lipinski definition) is 1. The van der Waals surface area contributed by atoms with Gasteiger partial charge in [0.25, 0.3) is 0 Å². The van der Waals surface area contributed by atoms with Gasteiger partial charge in [-0.05, 0) is 118 Å². The van der Waals surface area contributed by atoms with E-state index in [9.17, 15) is 4.79 Å². The van der Waals surface area contributed by atoms with Crippen molar-refractivity contribution in [2.24, 2.45) is 50.7 Å². The Bertz CT molecular complexity index is 855. The molecule has 0 aliphatic heterocycles. The topological polar surface area (TPSA) is 29.1 Å². The molecule has 0 radical (unpaired) electrons. The van der Waals surface area contributed by atoms with Crippen LogP contribution in [-0.2, 0) is 4.79 Å². The first-order valence-corrected chi connectivity index (χ1v) is 18.8. The Morgan fingerprint density at radius 1 is 1.00 bits per heavy atom. The zero-order valence-electron chi connectivity index (χ0n) is 29.8. The summed E-state index contributed by atoms with van der Waals surface area (Å²) in [6.45, 7) is 21.6. The first-order valence-electron chi connectivity index (χ1n) is 17.5. The Morgan fingerprint density at radius 2 is 1.62 bits per heavy atom. The average molecular weight is 606 g/mol. The van der Waals surface area contributed by atoms with Crippen LogP contribution in [0.25, 0.3) is 0 Å². The largest absolute Gasteiger partial charge is 0.323 e. The van der Waals surface area contributed by atoms with Crippen molar-refractivity contribution in [2.75, 3.05) is 20.4 Å². The number of nitrogens with one attached hydrogen (secondary N) is 1. The second kappa shape index (κ2) is 15.8. The molecule has 2 nitrogen and oxygen atoms in total. The molecule has 1 N–H and O–H groups in total. The van der Waals surface area contributed by atoms with Gasteiger partial charge in [0.2, 0.25) is 0 Å². The molecule has 7 unspecified atom stereocenters. The molecule has 7 atom stereocenters. The fourth-order valence-corrected chi connectivity index (χ4v) is 10.3. The number of rotatable bonds is 7. The van der Waals surface area contributed by atoms with Crippen LogP contribution in [0.3, 0.4) is 0 Å². The molecule has 0 aromatic heterocycles. The highest BCUT2D eigenvalue weighted by molar-refractivity contribution is 7.99. The molecule has 0 amide bonds. The number of aldehydes is 1. The van der Waals surface area contributed by atoms with Gasteiger partial charge in [0.05, 0.1) is 0 Å². The molecule has 5 rings (SSSR count). The van der Waals surface area contributed by atoms with Gasteiger partial charge in [0.1, 0.15) is 6.29 Å². The normalized spacial score (nSPS) is 35.6. The zero-order chi connectivity index (χ0) is 31.3. The van der Waals surface area contributed by atoms with E-state index in [2.05, 4.69) is 71.0 Å². The average Bonchev–Trinajstić information content (AvgIpc) is 3.14. The van der Waals surface area contributed by atoms with Crippen LogP contribution < -0.4 is 5.32 Å². The molecule has 5 aliphatic carbocycles. The predicted octanol–water partition coefficient (Wildman–Crippen LogP) is 11.6. The zero-order valence-corrected chi connectivity index (χ0v) is 30.7. The van der Waals surface area contributed by atoms with Crippen LogP contribution in [0.15, 0.2) is 11.6 Å². The predicted molar refractivity (Wildman–Crippen MR) is 191 cm³/mol. The number of hydrogen-bond acceptors (Lipinski definition) is 3. The second-order valence-electron chi connectivity index (χ2n) is 16.2. The van der Waals surface area contributed by atoms with Crippen molar-refractivity contribution >= 4 is 18.0 Å². The smallest absolute Gasteiger partial charge is 0.126 e. The molecule has 4 saturated carbocycles. The van der Waals surface area contributed by atoms with E-state index in [4.69, 9.17) is 0 Å². The van der Waals surface area contributed by atoms with Gasteiger partial charge < -0.3 is 10.1 Å². The lowest BCUT2D eigenvalue weighted by Crippen LogP contribution is -2.39. The highest BCUT2D eigenvalue weighted by atomic mass is 32.2.